The molecule has 5 heteroatoms. The lowest BCUT2D eigenvalue weighted by molar-refractivity contribution is 0.0240. The van der Waals surface area contributed by atoms with E-state index in [2.05, 4.69) is 28.2 Å². The fraction of sp³-hybridized carbons (Fsp3) is 0.625. The Morgan fingerprint density at radius 1 is 1.19 bits per heavy atom. The topological polar surface area (TPSA) is 39.7 Å². The first-order chi connectivity index (χ1) is 10.1. The smallest absolute Gasteiger partial charge is 0.161 e. The number of hydrogen-bond acceptors (Lipinski definition) is 4. The number of halogens is 1. The molecule has 1 aliphatic rings. The fourth-order valence-corrected chi connectivity index (χ4v) is 3.03. The van der Waals surface area contributed by atoms with Crippen LogP contribution in [0.5, 0.6) is 11.5 Å². The third kappa shape index (κ3) is 4.34. The molecule has 21 heavy (non-hydrogen) atoms. The highest BCUT2D eigenvalue weighted by molar-refractivity contribution is 9.10. The van der Waals surface area contributed by atoms with Crippen molar-refractivity contribution in [3.8, 4) is 11.5 Å². The van der Waals surface area contributed by atoms with Crippen LogP contribution in [0.2, 0.25) is 0 Å². The Bertz CT molecular complexity index is 473. The maximum Gasteiger partial charge on any atom is 0.161 e. The van der Waals surface area contributed by atoms with Crippen molar-refractivity contribution < 1.29 is 14.2 Å². The molecule has 1 aliphatic heterocycles. The Morgan fingerprint density at radius 2 is 1.81 bits per heavy atom. The van der Waals surface area contributed by atoms with Gasteiger partial charge in [-0.3, -0.25) is 0 Å². The predicted octanol–water partition coefficient (Wildman–Crippen LogP) is 3.37. The van der Waals surface area contributed by atoms with Crippen molar-refractivity contribution in [1.82, 2.24) is 5.32 Å². The molecule has 0 bridgehead atoms. The Morgan fingerprint density at radius 3 is 2.43 bits per heavy atom. The quantitative estimate of drug-likeness (QED) is 0.847. The molecule has 1 N–H and O–H groups in total. The molecule has 1 saturated heterocycles. The van der Waals surface area contributed by atoms with E-state index < -0.39 is 0 Å². The first-order valence-corrected chi connectivity index (χ1v) is 8.06. The Labute approximate surface area is 135 Å². The fourth-order valence-electron chi connectivity index (χ4n) is 2.57. The Hall–Kier alpha value is -0.780. The minimum atomic E-state index is 0.335. The van der Waals surface area contributed by atoms with E-state index in [9.17, 15) is 0 Å². The minimum absolute atomic E-state index is 0.335. The summed E-state index contributed by atoms with van der Waals surface area (Å²) in [6.07, 6.45) is 2.24. The summed E-state index contributed by atoms with van der Waals surface area (Å²) in [6, 6.07) is 3.97. The highest BCUT2D eigenvalue weighted by Crippen LogP contribution is 2.33. The van der Waals surface area contributed by atoms with E-state index in [0.717, 1.165) is 55.1 Å². The lowest BCUT2D eigenvalue weighted by Gasteiger charge is -2.33. The minimum Gasteiger partial charge on any atom is -0.493 e. The van der Waals surface area contributed by atoms with Crippen molar-refractivity contribution in [3.05, 3.63) is 22.2 Å². The zero-order valence-corrected chi connectivity index (χ0v) is 14.6. The van der Waals surface area contributed by atoms with Crippen molar-refractivity contribution in [2.75, 3.05) is 34.0 Å². The lowest BCUT2D eigenvalue weighted by atomic mass is 9.82. The molecule has 2 rings (SSSR count). The highest BCUT2D eigenvalue weighted by Gasteiger charge is 2.26. The van der Waals surface area contributed by atoms with Gasteiger partial charge in [-0.1, -0.05) is 22.9 Å². The van der Waals surface area contributed by atoms with Crippen LogP contribution in [0.25, 0.3) is 0 Å². The number of hydrogen-bond donors (Lipinski definition) is 1. The van der Waals surface area contributed by atoms with Crippen LogP contribution < -0.4 is 14.8 Å². The largest absolute Gasteiger partial charge is 0.493 e. The van der Waals surface area contributed by atoms with Crippen LogP contribution >= 0.6 is 15.9 Å². The van der Waals surface area contributed by atoms with Gasteiger partial charge in [-0.2, -0.15) is 0 Å². The molecule has 0 aromatic heterocycles. The van der Waals surface area contributed by atoms with E-state index in [1.807, 2.05) is 12.1 Å². The maximum atomic E-state index is 5.44. The normalized spacial score (nSPS) is 17.5. The molecule has 1 fully saturated rings. The van der Waals surface area contributed by atoms with Crippen LogP contribution in [0.15, 0.2) is 16.6 Å². The summed E-state index contributed by atoms with van der Waals surface area (Å²) in [7, 11) is 3.31. The van der Waals surface area contributed by atoms with E-state index in [0.29, 0.717) is 5.41 Å². The summed E-state index contributed by atoms with van der Waals surface area (Å²) in [5, 5.41) is 3.56. The van der Waals surface area contributed by atoms with Gasteiger partial charge in [0.25, 0.3) is 0 Å². The Kier molecular flexibility index (Phi) is 5.90. The second-order valence-corrected chi connectivity index (χ2v) is 6.68. The summed E-state index contributed by atoms with van der Waals surface area (Å²) >= 11 is 3.60. The van der Waals surface area contributed by atoms with Gasteiger partial charge in [-0.25, -0.2) is 0 Å². The van der Waals surface area contributed by atoms with E-state index in [4.69, 9.17) is 14.2 Å². The first-order valence-electron chi connectivity index (χ1n) is 7.27. The third-order valence-electron chi connectivity index (χ3n) is 4.12. The van der Waals surface area contributed by atoms with Crippen LogP contribution in [0.1, 0.15) is 25.3 Å². The monoisotopic (exact) mass is 357 g/mol. The lowest BCUT2D eigenvalue weighted by Crippen LogP contribution is -2.36. The maximum absolute atomic E-state index is 5.44. The van der Waals surface area contributed by atoms with Gasteiger partial charge < -0.3 is 19.5 Å². The second kappa shape index (κ2) is 7.47. The third-order valence-corrected chi connectivity index (χ3v) is 4.86. The van der Waals surface area contributed by atoms with Crippen LogP contribution in [-0.2, 0) is 11.3 Å². The Balaban J connectivity index is 1.96. The molecular weight excluding hydrogens is 334 g/mol. The van der Waals surface area contributed by atoms with Gasteiger partial charge in [0, 0.05) is 30.8 Å². The number of rotatable bonds is 6. The van der Waals surface area contributed by atoms with Crippen molar-refractivity contribution in [2.24, 2.45) is 5.41 Å². The van der Waals surface area contributed by atoms with Crippen LogP contribution in [-0.4, -0.2) is 34.0 Å². The predicted molar refractivity (Wildman–Crippen MR) is 87.1 cm³/mol. The summed E-state index contributed by atoms with van der Waals surface area (Å²) in [5.74, 6) is 1.50. The van der Waals surface area contributed by atoms with Gasteiger partial charge in [-0.15, -0.1) is 0 Å². The van der Waals surface area contributed by atoms with Crippen LogP contribution in [0.4, 0.5) is 0 Å². The van der Waals surface area contributed by atoms with Crippen LogP contribution in [0, 0.1) is 5.41 Å². The van der Waals surface area contributed by atoms with Gasteiger partial charge in [-0.05, 0) is 36.0 Å². The average molecular weight is 358 g/mol. The molecule has 0 atom stereocenters. The van der Waals surface area contributed by atoms with E-state index in [-0.39, 0.29) is 0 Å². The van der Waals surface area contributed by atoms with Gasteiger partial charge in [0.2, 0.25) is 0 Å². The summed E-state index contributed by atoms with van der Waals surface area (Å²) in [4.78, 5) is 0. The van der Waals surface area contributed by atoms with Crippen molar-refractivity contribution in [1.29, 1.82) is 0 Å². The van der Waals surface area contributed by atoms with E-state index >= 15 is 0 Å². The molecular formula is C16H24BrNO3. The molecule has 0 aliphatic carbocycles. The zero-order valence-electron chi connectivity index (χ0n) is 13.0. The van der Waals surface area contributed by atoms with E-state index in [1.165, 1.54) is 5.56 Å². The van der Waals surface area contributed by atoms with Crippen molar-refractivity contribution >= 4 is 15.9 Å². The summed E-state index contributed by atoms with van der Waals surface area (Å²) < 4.78 is 17.1. The molecule has 1 heterocycles. The molecule has 1 aromatic carbocycles. The summed E-state index contributed by atoms with van der Waals surface area (Å²) in [5.41, 5.74) is 1.50. The van der Waals surface area contributed by atoms with Gasteiger partial charge in [0.15, 0.2) is 11.5 Å². The SMILES string of the molecule is COc1cc(Br)c(CNCC2(C)CCOCC2)cc1OC. The highest BCUT2D eigenvalue weighted by atomic mass is 79.9. The number of nitrogens with one attached hydrogen (secondary N) is 1. The molecule has 0 saturated carbocycles. The molecule has 4 nitrogen and oxygen atoms in total. The van der Waals surface area contributed by atoms with Gasteiger partial charge in [0.1, 0.15) is 0 Å². The number of methoxy groups -OCH3 is 2. The molecule has 1 aromatic rings. The van der Waals surface area contributed by atoms with Crippen molar-refractivity contribution in [2.45, 2.75) is 26.3 Å². The zero-order chi connectivity index (χ0) is 15.3. The molecule has 0 radical (unpaired) electrons. The standard InChI is InChI=1S/C16H24BrNO3/c1-16(4-6-21-7-5-16)11-18-10-12-8-14(19-2)15(20-3)9-13(12)17/h8-9,18H,4-7,10-11H2,1-3H3. The van der Waals surface area contributed by atoms with E-state index in [1.54, 1.807) is 14.2 Å². The average Bonchev–Trinajstić information content (AvgIpc) is 2.49. The molecule has 118 valence electrons. The summed E-state index contributed by atoms with van der Waals surface area (Å²) in [6.45, 7) is 5.87. The van der Waals surface area contributed by atoms with Crippen LogP contribution in [0.3, 0.4) is 0 Å². The second-order valence-electron chi connectivity index (χ2n) is 5.83. The van der Waals surface area contributed by atoms with Gasteiger partial charge >= 0.3 is 0 Å². The number of ether oxygens (including phenoxy) is 3. The van der Waals surface area contributed by atoms with Crippen molar-refractivity contribution in [3.63, 3.8) is 0 Å². The molecule has 0 spiro atoms. The number of benzene rings is 1. The molecule has 0 unspecified atom stereocenters. The van der Waals surface area contributed by atoms with Gasteiger partial charge in [0.05, 0.1) is 14.2 Å². The first kappa shape index (κ1) is 16.6. The molecule has 0 amide bonds.